The van der Waals surface area contributed by atoms with Gasteiger partial charge >= 0.3 is 0 Å². The minimum atomic E-state index is 0.392. The highest BCUT2D eigenvalue weighted by Crippen LogP contribution is 2.47. The van der Waals surface area contributed by atoms with Crippen molar-refractivity contribution in [3.05, 3.63) is 204 Å². The van der Waals surface area contributed by atoms with Crippen LogP contribution in [0.4, 0.5) is 34.1 Å². The first-order valence-electron chi connectivity index (χ1n) is 21.8. The van der Waals surface area contributed by atoms with E-state index in [1.807, 2.05) is 0 Å². The first-order chi connectivity index (χ1) is 29.0. The number of fused-ring (bicyclic) bond motifs is 1. The molecule has 8 aromatic rings. The SMILES string of the molecule is CC(C)c1cc(C(C)C)cc(N(c2ccc(-c3ccccc3)cc2)c2ccc(N(c3ccc(-c4ccccc4)cc3)c3cc(C(C)C)cc(C(C)C)c3)c3ccccc23)c1. The molecule has 2 nitrogen and oxygen atoms in total. The molecule has 0 heterocycles. The maximum Gasteiger partial charge on any atom is 0.0541 e. The van der Waals surface area contributed by atoms with E-state index in [1.54, 1.807) is 0 Å². The second-order valence-corrected chi connectivity index (χ2v) is 17.5. The van der Waals surface area contributed by atoms with Gasteiger partial charge in [0, 0.05) is 33.5 Å². The highest BCUT2D eigenvalue weighted by Gasteiger charge is 2.23. The third kappa shape index (κ3) is 8.38. The van der Waals surface area contributed by atoms with Gasteiger partial charge in [-0.15, -0.1) is 0 Å². The van der Waals surface area contributed by atoms with E-state index >= 15 is 0 Å². The fraction of sp³-hybridized carbons (Fsp3) is 0.207. The molecule has 0 bridgehead atoms. The average Bonchev–Trinajstić information content (AvgIpc) is 3.28. The summed E-state index contributed by atoms with van der Waals surface area (Å²) in [4.78, 5) is 4.96. The van der Waals surface area contributed by atoms with E-state index in [0.29, 0.717) is 23.7 Å². The average molecular weight is 783 g/mol. The van der Waals surface area contributed by atoms with Gasteiger partial charge in [-0.25, -0.2) is 0 Å². The minimum Gasteiger partial charge on any atom is -0.310 e. The van der Waals surface area contributed by atoms with E-state index in [4.69, 9.17) is 0 Å². The number of anilines is 6. The Kier molecular flexibility index (Phi) is 11.8. The molecule has 0 atom stereocenters. The van der Waals surface area contributed by atoms with E-state index < -0.39 is 0 Å². The zero-order valence-corrected chi connectivity index (χ0v) is 36.5. The zero-order valence-electron chi connectivity index (χ0n) is 36.5. The fourth-order valence-electron chi connectivity index (χ4n) is 8.29. The molecule has 300 valence electrons. The van der Waals surface area contributed by atoms with Crippen molar-refractivity contribution in [1.82, 2.24) is 0 Å². The molecule has 0 amide bonds. The zero-order chi connectivity index (χ0) is 41.9. The lowest BCUT2D eigenvalue weighted by Crippen LogP contribution is -2.14. The van der Waals surface area contributed by atoms with Crippen LogP contribution in [0, 0.1) is 0 Å². The number of hydrogen-bond acceptors (Lipinski definition) is 2. The molecular formula is C58H58N2. The molecule has 0 radical (unpaired) electrons. The number of benzene rings is 8. The fourth-order valence-corrected chi connectivity index (χ4v) is 8.29. The number of hydrogen-bond donors (Lipinski definition) is 0. The van der Waals surface area contributed by atoms with Crippen LogP contribution in [0.25, 0.3) is 33.0 Å². The Balaban J connectivity index is 1.36. The maximum atomic E-state index is 2.48. The summed E-state index contributed by atoms with van der Waals surface area (Å²) in [5.74, 6) is 1.57. The van der Waals surface area contributed by atoms with Crippen molar-refractivity contribution >= 4 is 44.9 Å². The van der Waals surface area contributed by atoms with Gasteiger partial charge in [0.1, 0.15) is 0 Å². The monoisotopic (exact) mass is 782 g/mol. The van der Waals surface area contributed by atoms with Crippen LogP contribution in [0.3, 0.4) is 0 Å². The summed E-state index contributed by atoms with van der Waals surface area (Å²) in [7, 11) is 0. The van der Waals surface area contributed by atoms with Gasteiger partial charge in [0.15, 0.2) is 0 Å². The van der Waals surface area contributed by atoms with Crippen molar-refractivity contribution in [1.29, 1.82) is 0 Å². The highest BCUT2D eigenvalue weighted by molar-refractivity contribution is 6.07. The lowest BCUT2D eigenvalue weighted by Gasteiger charge is -2.32. The van der Waals surface area contributed by atoms with E-state index in [9.17, 15) is 0 Å². The molecule has 60 heavy (non-hydrogen) atoms. The van der Waals surface area contributed by atoms with Crippen molar-refractivity contribution in [2.75, 3.05) is 9.80 Å². The lowest BCUT2D eigenvalue weighted by molar-refractivity contribution is 0.833. The van der Waals surface area contributed by atoms with Gasteiger partial charge < -0.3 is 9.80 Å². The van der Waals surface area contributed by atoms with Gasteiger partial charge in [-0.2, -0.15) is 0 Å². The Bertz CT molecular complexity index is 2450. The van der Waals surface area contributed by atoms with Gasteiger partial charge in [0.05, 0.1) is 11.4 Å². The van der Waals surface area contributed by atoms with E-state index in [1.165, 1.54) is 66.7 Å². The topological polar surface area (TPSA) is 6.48 Å². The van der Waals surface area contributed by atoms with Crippen LogP contribution in [-0.4, -0.2) is 0 Å². The summed E-state index contributed by atoms with van der Waals surface area (Å²) in [5, 5.41) is 2.39. The minimum absolute atomic E-state index is 0.392. The van der Waals surface area contributed by atoms with Crippen LogP contribution >= 0.6 is 0 Å². The quantitative estimate of drug-likeness (QED) is 0.122. The van der Waals surface area contributed by atoms with E-state index in [2.05, 4.69) is 247 Å². The molecule has 0 fully saturated rings. The molecule has 0 aromatic heterocycles. The summed E-state index contributed by atoms with van der Waals surface area (Å²) < 4.78 is 0. The van der Waals surface area contributed by atoms with Crippen LogP contribution in [-0.2, 0) is 0 Å². The smallest absolute Gasteiger partial charge is 0.0541 e. The summed E-state index contributed by atoms with van der Waals surface area (Å²) in [6.07, 6.45) is 0. The van der Waals surface area contributed by atoms with Gasteiger partial charge in [0.2, 0.25) is 0 Å². The van der Waals surface area contributed by atoms with Crippen molar-refractivity contribution in [2.24, 2.45) is 0 Å². The molecule has 0 spiro atoms. The third-order valence-corrected chi connectivity index (χ3v) is 11.9. The Morgan fingerprint density at radius 3 is 0.850 bits per heavy atom. The predicted molar refractivity (Wildman–Crippen MR) is 261 cm³/mol. The second kappa shape index (κ2) is 17.5. The van der Waals surface area contributed by atoms with Crippen LogP contribution in [0.5, 0.6) is 0 Å². The van der Waals surface area contributed by atoms with Crippen LogP contribution in [0.2, 0.25) is 0 Å². The summed E-state index contributed by atoms with van der Waals surface area (Å²) in [6.45, 7) is 18.4. The molecular weight excluding hydrogens is 725 g/mol. The molecule has 0 aliphatic heterocycles. The van der Waals surface area contributed by atoms with Gasteiger partial charge in [-0.05, 0) is 129 Å². The van der Waals surface area contributed by atoms with E-state index in [0.717, 1.165) is 22.7 Å². The first-order valence-corrected chi connectivity index (χ1v) is 21.8. The molecule has 0 aliphatic carbocycles. The summed E-state index contributed by atoms with van der Waals surface area (Å²) in [5.41, 5.74) is 17.1. The third-order valence-electron chi connectivity index (χ3n) is 11.9. The van der Waals surface area contributed by atoms with Crippen molar-refractivity contribution in [3.63, 3.8) is 0 Å². The second-order valence-electron chi connectivity index (χ2n) is 17.5. The van der Waals surface area contributed by atoms with Crippen LogP contribution in [0.15, 0.2) is 182 Å². The van der Waals surface area contributed by atoms with Gasteiger partial charge in [-0.1, -0.05) is 177 Å². The standard InChI is InChI=1S/C58H58N2/c1-39(2)47-33-48(40(3)4)36-53(35-47)59(51-27-23-45(24-28-51)43-17-11-9-12-18-43)57-31-32-58(56-22-16-15-21-55(56)57)60(54-37-49(41(5)6)34-50(38-54)42(7)8)52-29-25-46(26-30-52)44-19-13-10-14-20-44/h9-42H,1-8H3. The summed E-state index contributed by atoms with van der Waals surface area (Å²) in [6, 6.07) is 67.6. The Labute approximate surface area is 358 Å². The Morgan fingerprint density at radius 2 is 0.550 bits per heavy atom. The predicted octanol–water partition coefficient (Wildman–Crippen LogP) is 17.6. The molecule has 0 N–H and O–H groups in total. The number of nitrogens with zero attached hydrogens (tertiary/aromatic N) is 2. The molecule has 8 aromatic carbocycles. The molecule has 0 saturated carbocycles. The highest BCUT2D eigenvalue weighted by atomic mass is 15.2. The lowest BCUT2D eigenvalue weighted by atomic mass is 9.93. The van der Waals surface area contributed by atoms with Crippen molar-refractivity contribution in [3.8, 4) is 22.3 Å². The molecule has 0 saturated heterocycles. The van der Waals surface area contributed by atoms with Gasteiger partial charge in [0.25, 0.3) is 0 Å². The maximum absolute atomic E-state index is 2.48. The molecule has 8 rings (SSSR count). The van der Waals surface area contributed by atoms with Crippen molar-refractivity contribution in [2.45, 2.75) is 79.1 Å². The Hall–Kier alpha value is -6.38. The number of rotatable bonds is 12. The van der Waals surface area contributed by atoms with E-state index in [-0.39, 0.29) is 0 Å². The normalized spacial score (nSPS) is 11.6. The molecule has 0 aliphatic rings. The van der Waals surface area contributed by atoms with Crippen molar-refractivity contribution < 1.29 is 0 Å². The Morgan fingerprint density at radius 1 is 0.267 bits per heavy atom. The van der Waals surface area contributed by atoms with Gasteiger partial charge in [-0.3, -0.25) is 0 Å². The molecule has 2 heteroatoms. The van der Waals surface area contributed by atoms with Crippen LogP contribution < -0.4 is 9.80 Å². The van der Waals surface area contributed by atoms with Crippen LogP contribution in [0.1, 0.15) is 101 Å². The summed E-state index contributed by atoms with van der Waals surface area (Å²) >= 11 is 0. The first kappa shape index (κ1) is 40.4. The largest absolute Gasteiger partial charge is 0.310 e. The molecule has 0 unspecified atom stereocenters.